The van der Waals surface area contributed by atoms with Crippen molar-refractivity contribution < 1.29 is 19.2 Å². The van der Waals surface area contributed by atoms with Gasteiger partial charge in [-0.1, -0.05) is 6.07 Å². The van der Waals surface area contributed by atoms with E-state index in [2.05, 4.69) is 10.5 Å². The maximum Gasteiger partial charge on any atom is 0.410 e. The van der Waals surface area contributed by atoms with Crippen molar-refractivity contribution in [1.82, 2.24) is 15.4 Å². The van der Waals surface area contributed by atoms with Crippen LogP contribution in [0.1, 0.15) is 61.3 Å². The molecule has 25 heavy (non-hydrogen) atoms. The molecule has 1 aliphatic rings. The summed E-state index contributed by atoms with van der Waals surface area (Å²) in [6, 6.07) is 3.62. The fourth-order valence-corrected chi connectivity index (χ4v) is 2.96. The van der Waals surface area contributed by atoms with E-state index in [1.54, 1.807) is 11.0 Å². The summed E-state index contributed by atoms with van der Waals surface area (Å²) in [5.74, 6) is -0.183. The molecular formula is C18H27N3O4. The fourth-order valence-electron chi connectivity index (χ4n) is 2.96. The number of likely N-dealkylation sites (tertiary alicyclic amines) is 1. The van der Waals surface area contributed by atoms with E-state index in [1.165, 1.54) is 7.05 Å². The molecule has 7 heteroatoms. The number of nitrogens with one attached hydrogen (secondary N) is 1. The van der Waals surface area contributed by atoms with Crippen LogP contribution in [0.15, 0.2) is 12.1 Å². The molecule has 0 bridgehead atoms. The lowest BCUT2D eigenvalue weighted by atomic mass is 9.88. The highest BCUT2D eigenvalue weighted by atomic mass is 16.7. The molecule has 0 aliphatic carbocycles. The van der Waals surface area contributed by atoms with Crippen LogP contribution in [0, 0.1) is 6.92 Å². The highest BCUT2D eigenvalue weighted by Crippen LogP contribution is 2.30. The van der Waals surface area contributed by atoms with Crippen LogP contribution in [0.3, 0.4) is 0 Å². The number of ether oxygens (including phenoxy) is 1. The van der Waals surface area contributed by atoms with Crippen LogP contribution in [-0.4, -0.2) is 47.7 Å². The lowest BCUT2D eigenvalue weighted by molar-refractivity contribution is 0.0203. The Bertz CT molecular complexity index is 632. The van der Waals surface area contributed by atoms with Crippen LogP contribution in [0.4, 0.5) is 4.79 Å². The summed E-state index contributed by atoms with van der Waals surface area (Å²) in [5.41, 5.74) is 4.09. The molecule has 0 aromatic carbocycles. The first-order valence-corrected chi connectivity index (χ1v) is 8.54. The van der Waals surface area contributed by atoms with Crippen LogP contribution in [0.25, 0.3) is 0 Å². The van der Waals surface area contributed by atoms with E-state index in [-0.39, 0.29) is 11.8 Å². The first kappa shape index (κ1) is 19.2. The average molecular weight is 349 g/mol. The van der Waals surface area contributed by atoms with Gasteiger partial charge in [0, 0.05) is 25.8 Å². The second-order valence-corrected chi connectivity index (χ2v) is 7.21. The van der Waals surface area contributed by atoms with E-state index >= 15 is 0 Å². The number of rotatable bonds is 3. The average Bonchev–Trinajstić information content (AvgIpc) is 2.53. The SMILES string of the molecule is CNOC(=O)c1ccc(C2CCN(C(=O)OC(C)(C)C)CC2)c(C)n1. The maximum atomic E-state index is 12.1. The molecule has 0 spiro atoms. The summed E-state index contributed by atoms with van der Waals surface area (Å²) < 4.78 is 5.42. The van der Waals surface area contributed by atoms with E-state index in [4.69, 9.17) is 9.57 Å². The smallest absolute Gasteiger partial charge is 0.410 e. The van der Waals surface area contributed by atoms with Gasteiger partial charge in [0.2, 0.25) is 0 Å². The fraction of sp³-hybridized carbons (Fsp3) is 0.611. The molecule has 0 radical (unpaired) electrons. The van der Waals surface area contributed by atoms with Crippen LogP contribution in [0.5, 0.6) is 0 Å². The Labute approximate surface area is 148 Å². The molecule has 2 heterocycles. The number of aryl methyl sites for hydroxylation is 1. The van der Waals surface area contributed by atoms with Gasteiger partial charge in [0.1, 0.15) is 11.3 Å². The van der Waals surface area contributed by atoms with Crippen molar-refractivity contribution in [3.63, 3.8) is 0 Å². The number of amides is 1. The molecule has 1 aromatic heterocycles. The topological polar surface area (TPSA) is 80.8 Å². The van der Waals surface area contributed by atoms with Crippen molar-refractivity contribution in [2.45, 2.75) is 52.1 Å². The monoisotopic (exact) mass is 349 g/mol. The molecule has 0 unspecified atom stereocenters. The van der Waals surface area contributed by atoms with Crippen LogP contribution in [-0.2, 0) is 9.57 Å². The summed E-state index contributed by atoms with van der Waals surface area (Å²) in [6.07, 6.45) is 1.44. The minimum Gasteiger partial charge on any atom is -0.444 e. The number of hydrogen-bond acceptors (Lipinski definition) is 6. The van der Waals surface area contributed by atoms with Crippen LogP contribution >= 0.6 is 0 Å². The van der Waals surface area contributed by atoms with Crippen LogP contribution in [0.2, 0.25) is 0 Å². The molecule has 1 aromatic rings. The van der Waals surface area contributed by atoms with Crippen molar-refractivity contribution >= 4 is 12.1 Å². The van der Waals surface area contributed by atoms with E-state index in [1.807, 2.05) is 33.8 Å². The maximum absolute atomic E-state index is 12.1. The number of hydroxylamine groups is 1. The molecule has 138 valence electrons. The standard InChI is InChI=1S/C18H27N3O4/c1-12-14(6-7-15(20-12)16(22)25-19-5)13-8-10-21(11-9-13)17(23)24-18(2,3)4/h6-7,13,19H,8-11H2,1-5H3. The Morgan fingerprint density at radius 1 is 1.24 bits per heavy atom. The van der Waals surface area contributed by atoms with Gasteiger partial charge in [0.25, 0.3) is 0 Å². The largest absolute Gasteiger partial charge is 0.444 e. The molecule has 1 aliphatic heterocycles. The van der Waals surface area contributed by atoms with Gasteiger partial charge in [0.15, 0.2) is 0 Å². The molecule has 1 N–H and O–H groups in total. The Hall–Kier alpha value is -2.15. The van der Waals surface area contributed by atoms with Gasteiger partial charge in [-0.3, -0.25) is 0 Å². The Kier molecular flexibility index (Phi) is 6.00. The number of pyridine rings is 1. The normalized spacial score (nSPS) is 15.8. The number of nitrogens with zero attached hydrogens (tertiary/aromatic N) is 2. The van der Waals surface area contributed by atoms with Gasteiger partial charge in [0.05, 0.1) is 0 Å². The first-order valence-electron chi connectivity index (χ1n) is 8.54. The van der Waals surface area contributed by atoms with E-state index in [9.17, 15) is 9.59 Å². The van der Waals surface area contributed by atoms with E-state index < -0.39 is 11.6 Å². The zero-order valence-corrected chi connectivity index (χ0v) is 15.6. The summed E-state index contributed by atoms with van der Waals surface area (Å²) in [4.78, 5) is 34.7. The zero-order chi connectivity index (χ0) is 18.6. The van der Waals surface area contributed by atoms with Crippen molar-refractivity contribution in [2.75, 3.05) is 20.1 Å². The van der Waals surface area contributed by atoms with Crippen molar-refractivity contribution in [1.29, 1.82) is 0 Å². The number of carbonyl (C=O) groups excluding carboxylic acids is 2. The molecule has 7 nitrogen and oxygen atoms in total. The van der Waals surface area contributed by atoms with Gasteiger partial charge in [-0.25, -0.2) is 14.6 Å². The minimum atomic E-state index is -0.503. The van der Waals surface area contributed by atoms with Gasteiger partial charge in [-0.15, -0.1) is 0 Å². The predicted molar refractivity (Wildman–Crippen MR) is 93.2 cm³/mol. The molecular weight excluding hydrogens is 322 g/mol. The second kappa shape index (κ2) is 7.82. The van der Waals surface area contributed by atoms with Crippen LogP contribution < -0.4 is 5.48 Å². The third kappa shape index (κ3) is 5.16. The number of hydrogen-bond donors (Lipinski definition) is 1. The number of piperidine rings is 1. The van der Waals surface area contributed by atoms with Gasteiger partial charge < -0.3 is 14.5 Å². The Balaban J connectivity index is 1.99. The lowest BCUT2D eigenvalue weighted by Gasteiger charge is -2.34. The van der Waals surface area contributed by atoms with Gasteiger partial charge in [-0.2, -0.15) is 5.48 Å². The van der Waals surface area contributed by atoms with E-state index in [0.717, 1.165) is 24.1 Å². The number of carbonyl (C=O) groups is 2. The summed E-state index contributed by atoms with van der Waals surface area (Å²) in [6.45, 7) is 8.81. The van der Waals surface area contributed by atoms with Crippen molar-refractivity contribution in [3.8, 4) is 0 Å². The van der Waals surface area contributed by atoms with E-state index in [0.29, 0.717) is 19.0 Å². The van der Waals surface area contributed by atoms with Gasteiger partial charge >= 0.3 is 12.1 Å². The highest BCUT2D eigenvalue weighted by molar-refractivity contribution is 5.87. The zero-order valence-electron chi connectivity index (χ0n) is 15.6. The summed E-state index contributed by atoms with van der Waals surface area (Å²) in [7, 11) is 1.53. The molecule has 1 saturated heterocycles. The first-order chi connectivity index (χ1) is 11.7. The Morgan fingerprint density at radius 2 is 1.88 bits per heavy atom. The third-order valence-corrected chi connectivity index (χ3v) is 4.12. The molecule has 0 atom stereocenters. The van der Waals surface area contributed by atoms with Crippen molar-refractivity contribution in [3.05, 3.63) is 29.1 Å². The summed E-state index contributed by atoms with van der Waals surface area (Å²) >= 11 is 0. The summed E-state index contributed by atoms with van der Waals surface area (Å²) in [5, 5.41) is 0. The number of aromatic nitrogens is 1. The van der Waals surface area contributed by atoms with Gasteiger partial charge in [-0.05, 0) is 58.1 Å². The third-order valence-electron chi connectivity index (χ3n) is 4.12. The minimum absolute atomic E-state index is 0.258. The molecule has 2 rings (SSSR count). The van der Waals surface area contributed by atoms with Crippen molar-refractivity contribution in [2.24, 2.45) is 0 Å². The molecule has 1 amide bonds. The predicted octanol–water partition coefficient (Wildman–Crippen LogP) is 2.80. The molecule has 0 saturated carbocycles. The second-order valence-electron chi connectivity index (χ2n) is 7.21. The quantitative estimate of drug-likeness (QED) is 0.845. The molecule has 1 fully saturated rings. The lowest BCUT2D eigenvalue weighted by Crippen LogP contribution is -2.41. The Morgan fingerprint density at radius 3 is 2.40 bits per heavy atom. The highest BCUT2D eigenvalue weighted by Gasteiger charge is 2.28.